The van der Waals surface area contributed by atoms with Crippen LogP contribution in [0, 0.1) is 16.7 Å². The van der Waals surface area contributed by atoms with Crippen LogP contribution < -0.4 is 0 Å². The molecule has 5 rings (SSSR count). The Morgan fingerprint density at radius 1 is 1.00 bits per heavy atom. The van der Waals surface area contributed by atoms with Crippen molar-refractivity contribution in [3.63, 3.8) is 0 Å². The number of hydrogen-bond donors (Lipinski definition) is 0. The highest BCUT2D eigenvalue weighted by Crippen LogP contribution is 2.60. The van der Waals surface area contributed by atoms with Crippen molar-refractivity contribution in [1.29, 1.82) is 5.26 Å². The van der Waals surface area contributed by atoms with Crippen LogP contribution in [0.3, 0.4) is 0 Å². The van der Waals surface area contributed by atoms with Crippen LogP contribution in [0.1, 0.15) is 69.4 Å². The molecule has 3 saturated carbocycles. The highest BCUT2D eigenvalue weighted by molar-refractivity contribution is 6.32. The Labute approximate surface area is 162 Å². The van der Waals surface area contributed by atoms with E-state index in [9.17, 15) is 0 Å². The Morgan fingerprint density at radius 2 is 1.69 bits per heavy atom. The molecule has 3 fully saturated rings. The summed E-state index contributed by atoms with van der Waals surface area (Å²) in [6, 6.07) is 16.9. The molecule has 0 heterocycles. The maximum atomic E-state index is 9.16. The van der Waals surface area contributed by atoms with Crippen LogP contribution in [0.25, 0.3) is 11.1 Å². The summed E-state index contributed by atoms with van der Waals surface area (Å²) in [5, 5.41) is 9.70. The highest BCUT2D eigenvalue weighted by atomic mass is 35.5. The lowest BCUT2D eigenvalue weighted by molar-refractivity contribution is 0.0323. The Hall–Kier alpha value is -1.78. The van der Waals surface area contributed by atoms with E-state index in [1.54, 1.807) is 0 Å². The van der Waals surface area contributed by atoms with E-state index in [1.165, 1.54) is 62.5 Å². The van der Waals surface area contributed by atoms with Crippen molar-refractivity contribution in [1.82, 2.24) is 0 Å². The third-order valence-corrected chi connectivity index (χ3v) is 7.39. The second kappa shape index (κ2) is 6.75. The lowest BCUT2D eigenvalue weighted by Gasteiger charge is -2.54. The summed E-state index contributed by atoms with van der Waals surface area (Å²) in [7, 11) is 0. The molecule has 0 spiro atoms. The smallest absolute Gasteiger partial charge is 0.101 e. The van der Waals surface area contributed by atoms with Gasteiger partial charge in [-0.2, -0.15) is 5.26 Å². The van der Waals surface area contributed by atoms with E-state index in [0.29, 0.717) is 21.4 Å². The van der Waals surface area contributed by atoms with Crippen molar-refractivity contribution in [2.24, 2.45) is 5.41 Å². The molecule has 0 atom stereocenters. The molecule has 0 N–H and O–H groups in total. The summed E-state index contributed by atoms with van der Waals surface area (Å²) in [5.74, 6) is 0. The van der Waals surface area contributed by atoms with Crippen LogP contribution in [0.4, 0.5) is 0 Å². The minimum atomic E-state index is 0.326. The molecule has 134 valence electrons. The normalized spacial score (nSPS) is 27.3. The first-order valence-electron chi connectivity index (χ1n) is 9.91. The molecule has 2 aromatic rings. The lowest BCUT2D eigenvalue weighted by atomic mass is 9.50. The van der Waals surface area contributed by atoms with Crippen LogP contribution >= 0.6 is 11.6 Å². The van der Waals surface area contributed by atoms with Gasteiger partial charge in [-0.25, -0.2) is 0 Å². The predicted molar refractivity (Wildman–Crippen MR) is 108 cm³/mol. The maximum absolute atomic E-state index is 9.16. The van der Waals surface area contributed by atoms with Gasteiger partial charge in [0.25, 0.3) is 0 Å². The zero-order chi connectivity index (χ0) is 18.2. The maximum Gasteiger partial charge on any atom is 0.101 e. The van der Waals surface area contributed by atoms with E-state index in [2.05, 4.69) is 37.3 Å². The quantitative estimate of drug-likeness (QED) is 0.560. The van der Waals surface area contributed by atoms with E-state index in [-0.39, 0.29) is 0 Å². The van der Waals surface area contributed by atoms with Gasteiger partial charge < -0.3 is 0 Å². The average Bonchev–Trinajstić information content (AvgIpc) is 2.69. The zero-order valence-electron chi connectivity index (χ0n) is 15.5. The highest BCUT2D eigenvalue weighted by Gasteiger charge is 2.49. The van der Waals surface area contributed by atoms with Crippen molar-refractivity contribution < 1.29 is 0 Å². The minimum absolute atomic E-state index is 0.326. The Balaban J connectivity index is 1.72. The van der Waals surface area contributed by atoms with E-state index < -0.39 is 0 Å². The fourth-order valence-corrected chi connectivity index (χ4v) is 5.77. The van der Waals surface area contributed by atoms with Crippen molar-refractivity contribution >= 4 is 11.6 Å². The largest absolute Gasteiger partial charge is 0.192 e. The molecule has 0 unspecified atom stereocenters. The van der Waals surface area contributed by atoms with Crippen LogP contribution in [-0.2, 0) is 5.41 Å². The number of hydrogen-bond acceptors (Lipinski definition) is 1. The van der Waals surface area contributed by atoms with Gasteiger partial charge in [0, 0.05) is 0 Å². The van der Waals surface area contributed by atoms with Gasteiger partial charge >= 0.3 is 0 Å². The summed E-state index contributed by atoms with van der Waals surface area (Å²) in [6.07, 6.45) is 10.8. The topological polar surface area (TPSA) is 23.8 Å². The summed E-state index contributed by atoms with van der Waals surface area (Å²) in [5.41, 5.74) is 5.42. The van der Waals surface area contributed by atoms with E-state index in [1.807, 2.05) is 18.2 Å². The fourth-order valence-electron chi connectivity index (χ4n) is 5.54. The average molecular weight is 364 g/mol. The van der Waals surface area contributed by atoms with Gasteiger partial charge in [0.1, 0.15) is 6.07 Å². The second-order valence-corrected chi connectivity index (χ2v) is 8.79. The Morgan fingerprint density at radius 3 is 2.31 bits per heavy atom. The van der Waals surface area contributed by atoms with Gasteiger partial charge in [0.2, 0.25) is 0 Å². The first-order valence-corrected chi connectivity index (χ1v) is 10.3. The van der Waals surface area contributed by atoms with Gasteiger partial charge in [-0.15, -0.1) is 0 Å². The molecule has 3 aliphatic carbocycles. The number of benzene rings is 2. The molecule has 0 aromatic heterocycles. The fraction of sp³-hybridized carbons (Fsp3) is 0.458. The monoisotopic (exact) mass is 363 g/mol. The third-order valence-electron chi connectivity index (χ3n) is 7.08. The first-order chi connectivity index (χ1) is 12.6. The van der Waals surface area contributed by atoms with Gasteiger partial charge in [-0.05, 0) is 84.6 Å². The summed E-state index contributed by atoms with van der Waals surface area (Å²) < 4.78 is 0. The van der Waals surface area contributed by atoms with Crippen molar-refractivity contribution in [2.75, 3.05) is 0 Å². The summed E-state index contributed by atoms with van der Waals surface area (Å²) >= 11 is 6.32. The van der Waals surface area contributed by atoms with Gasteiger partial charge in [-0.1, -0.05) is 55.3 Å². The minimum Gasteiger partial charge on any atom is -0.192 e. The van der Waals surface area contributed by atoms with Crippen LogP contribution in [0.2, 0.25) is 5.02 Å². The van der Waals surface area contributed by atoms with Crippen molar-refractivity contribution in [2.45, 2.75) is 63.7 Å². The Kier molecular flexibility index (Phi) is 4.57. The molecule has 26 heavy (non-hydrogen) atoms. The number of nitriles is 1. The molecule has 3 aliphatic rings. The predicted octanol–water partition coefficient (Wildman–Crippen LogP) is 7.27. The number of rotatable bonds is 4. The molecule has 2 aromatic carbocycles. The van der Waals surface area contributed by atoms with E-state index >= 15 is 0 Å². The van der Waals surface area contributed by atoms with Crippen LogP contribution in [-0.4, -0.2) is 0 Å². The van der Waals surface area contributed by atoms with Gasteiger partial charge in [0.05, 0.1) is 10.6 Å². The van der Waals surface area contributed by atoms with Crippen LogP contribution in [0.5, 0.6) is 0 Å². The SMILES string of the molecule is CCCC12CCC(c3ccccc3-c3ccc(C#N)c(Cl)c3)(CC1)CC2. The number of nitrogens with zero attached hydrogens (tertiary/aromatic N) is 1. The molecule has 2 bridgehead atoms. The number of fused-ring (bicyclic) bond motifs is 3. The third kappa shape index (κ3) is 2.85. The number of halogens is 1. The summed E-state index contributed by atoms with van der Waals surface area (Å²) in [4.78, 5) is 0. The molecule has 0 aliphatic heterocycles. The van der Waals surface area contributed by atoms with Crippen molar-refractivity contribution in [3.05, 3.63) is 58.6 Å². The van der Waals surface area contributed by atoms with Gasteiger partial charge in [-0.3, -0.25) is 0 Å². The first kappa shape index (κ1) is 17.6. The molecule has 0 radical (unpaired) electrons. The standard InChI is InChI=1S/C24H26ClN/c1-2-9-23-10-13-24(14-11-23,15-12-23)21-6-4-3-5-20(21)18-7-8-19(17-26)22(25)16-18/h3-8,16H,2,9-15H2,1H3. The lowest BCUT2D eigenvalue weighted by Crippen LogP contribution is -2.44. The molecule has 2 heteroatoms. The zero-order valence-corrected chi connectivity index (χ0v) is 16.3. The molecule has 0 amide bonds. The molecular weight excluding hydrogens is 338 g/mol. The van der Waals surface area contributed by atoms with Crippen LogP contribution in [0.15, 0.2) is 42.5 Å². The van der Waals surface area contributed by atoms with E-state index in [0.717, 1.165) is 5.56 Å². The molecule has 0 saturated heterocycles. The molecular formula is C24H26ClN. The summed E-state index contributed by atoms with van der Waals surface area (Å²) in [6.45, 7) is 2.33. The van der Waals surface area contributed by atoms with E-state index in [4.69, 9.17) is 16.9 Å². The second-order valence-electron chi connectivity index (χ2n) is 8.38. The Bertz CT molecular complexity index is 836. The van der Waals surface area contributed by atoms with Gasteiger partial charge in [0.15, 0.2) is 0 Å². The van der Waals surface area contributed by atoms with Crippen molar-refractivity contribution in [3.8, 4) is 17.2 Å². The molecule has 1 nitrogen and oxygen atoms in total.